The van der Waals surface area contributed by atoms with Gasteiger partial charge in [0.05, 0.1) is 14.9 Å². The average Bonchev–Trinajstić information content (AvgIpc) is 2.95. The standard InChI is InChI=1S/C12H14ClN3OS2.ClH/c1-6(5-14)15-11(17)10-7(2)16-12(19-10)8-3-4-9(13)18-8;/h3-4,6H,5,14H2,1-2H3,(H,15,17);1H/t6-;/m0./s1. The highest BCUT2D eigenvalue weighted by Crippen LogP contribution is 2.34. The van der Waals surface area contributed by atoms with Crippen LogP contribution in [-0.2, 0) is 0 Å². The second kappa shape index (κ2) is 7.38. The van der Waals surface area contributed by atoms with Crippen molar-refractivity contribution < 1.29 is 4.79 Å². The molecule has 8 heteroatoms. The number of carbonyl (C=O) groups excluding carboxylic acids is 1. The molecule has 0 aliphatic rings. The fraction of sp³-hybridized carbons (Fsp3) is 0.333. The second-order valence-corrected chi connectivity index (χ2v) is 6.86. The molecule has 2 aromatic rings. The molecule has 0 unspecified atom stereocenters. The Bertz CT molecular complexity index is 597. The number of nitrogens with zero attached hydrogens (tertiary/aromatic N) is 1. The summed E-state index contributed by atoms with van der Waals surface area (Å²) in [5, 5.41) is 3.66. The quantitative estimate of drug-likeness (QED) is 0.887. The van der Waals surface area contributed by atoms with E-state index in [1.807, 2.05) is 26.0 Å². The molecule has 0 aliphatic carbocycles. The van der Waals surface area contributed by atoms with Crippen molar-refractivity contribution in [2.45, 2.75) is 19.9 Å². The van der Waals surface area contributed by atoms with E-state index in [1.54, 1.807) is 0 Å². The highest BCUT2D eigenvalue weighted by molar-refractivity contribution is 7.24. The van der Waals surface area contributed by atoms with Gasteiger partial charge < -0.3 is 11.1 Å². The molecule has 0 saturated heterocycles. The van der Waals surface area contributed by atoms with Gasteiger partial charge in [0, 0.05) is 12.6 Å². The number of carbonyl (C=O) groups is 1. The molecule has 2 aromatic heterocycles. The maximum Gasteiger partial charge on any atom is 0.263 e. The van der Waals surface area contributed by atoms with Crippen molar-refractivity contribution in [3.05, 3.63) is 27.0 Å². The van der Waals surface area contributed by atoms with E-state index in [4.69, 9.17) is 17.3 Å². The van der Waals surface area contributed by atoms with Crippen LogP contribution in [0, 0.1) is 6.92 Å². The Labute approximate surface area is 136 Å². The average molecular weight is 352 g/mol. The van der Waals surface area contributed by atoms with E-state index in [2.05, 4.69) is 10.3 Å². The SMILES string of the molecule is Cc1nc(-c2ccc(Cl)s2)sc1C(=O)N[C@@H](C)CN.Cl. The van der Waals surface area contributed by atoms with Gasteiger partial charge in [0.25, 0.3) is 5.91 Å². The molecule has 20 heavy (non-hydrogen) atoms. The van der Waals surface area contributed by atoms with Gasteiger partial charge in [-0.15, -0.1) is 35.1 Å². The van der Waals surface area contributed by atoms with Gasteiger partial charge >= 0.3 is 0 Å². The van der Waals surface area contributed by atoms with Crippen LogP contribution >= 0.6 is 46.7 Å². The van der Waals surface area contributed by atoms with Crippen LogP contribution in [0.4, 0.5) is 0 Å². The fourth-order valence-electron chi connectivity index (χ4n) is 1.49. The molecule has 1 atom stereocenters. The zero-order valence-corrected chi connectivity index (χ0v) is 14.2. The Morgan fingerprint density at radius 3 is 2.75 bits per heavy atom. The summed E-state index contributed by atoms with van der Waals surface area (Å²) in [5.41, 5.74) is 6.22. The largest absolute Gasteiger partial charge is 0.348 e. The Balaban J connectivity index is 0.00000200. The van der Waals surface area contributed by atoms with Crippen molar-refractivity contribution in [1.82, 2.24) is 10.3 Å². The molecule has 2 rings (SSSR count). The number of thiophene rings is 1. The lowest BCUT2D eigenvalue weighted by atomic mass is 10.3. The van der Waals surface area contributed by atoms with E-state index >= 15 is 0 Å². The summed E-state index contributed by atoms with van der Waals surface area (Å²) in [7, 11) is 0. The van der Waals surface area contributed by atoms with Crippen molar-refractivity contribution in [2.24, 2.45) is 5.73 Å². The summed E-state index contributed by atoms with van der Waals surface area (Å²) >= 11 is 8.74. The maximum atomic E-state index is 12.1. The van der Waals surface area contributed by atoms with Crippen molar-refractivity contribution >= 4 is 52.6 Å². The van der Waals surface area contributed by atoms with Crippen LogP contribution in [0.2, 0.25) is 4.34 Å². The third-order valence-electron chi connectivity index (χ3n) is 2.52. The minimum Gasteiger partial charge on any atom is -0.348 e. The first-order chi connectivity index (χ1) is 9.01. The maximum absolute atomic E-state index is 12.1. The number of hydrogen-bond donors (Lipinski definition) is 2. The zero-order chi connectivity index (χ0) is 14.0. The first-order valence-corrected chi connectivity index (χ1v) is 7.76. The van der Waals surface area contributed by atoms with Crippen LogP contribution < -0.4 is 11.1 Å². The van der Waals surface area contributed by atoms with Gasteiger partial charge in [-0.05, 0) is 26.0 Å². The van der Waals surface area contributed by atoms with E-state index in [1.165, 1.54) is 22.7 Å². The lowest BCUT2D eigenvalue weighted by Crippen LogP contribution is -2.37. The summed E-state index contributed by atoms with van der Waals surface area (Å²) < 4.78 is 0.714. The molecule has 4 nitrogen and oxygen atoms in total. The number of aryl methyl sites for hydroxylation is 1. The van der Waals surface area contributed by atoms with E-state index in [0.717, 1.165) is 15.6 Å². The van der Waals surface area contributed by atoms with Crippen molar-refractivity contribution in [2.75, 3.05) is 6.54 Å². The Kier molecular flexibility index (Phi) is 6.42. The van der Waals surface area contributed by atoms with Crippen LogP contribution in [0.3, 0.4) is 0 Å². The fourth-order valence-corrected chi connectivity index (χ4v) is 3.56. The van der Waals surface area contributed by atoms with Crippen LogP contribution in [-0.4, -0.2) is 23.5 Å². The number of hydrogen-bond acceptors (Lipinski definition) is 5. The van der Waals surface area contributed by atoms with Gasteiger partial charge in [-0.25, -0.2) is 4.98 Å². The molecule has 1 amide bonds. The van der Waals surface area contributed by atoms with E-state index in [-0.39, 0.29) is 24.4 Å². The van der Waals surface area contributed by atoms with Crippen molar-refractivity contribution in [3.63, 3.8) is 0 Å². The van der Waals surface area contributed by atoms with Gasteiger partial charge in [-0.1, -0.05) is 11.6 Å². The molecular weight excluding hydrogens is 337 g/mol. The number of thiazole rings is 1. The predicted octanol–water partition coefficient (Wildman–Crippen LogP) is 3.33. The molecule has 0 radical (unpaired) electrons. The van der Waals surface area contributed by atoms with Crippen LogP contribution in [0.25, 0.3) is 9.88 Å². The molecule has 0 aliphatic heterocycles. The minimum atomic E-state index is -0.123. The second-order valence-electron chi connectivity index (χ2n) is 4.15. The van der Waals surface area contributed by atoms with Crippen molar-refractivity contribution in [1.29, 1.82) is 0 Å². The van der Waals surface area contributed by atoms with Gasteiger partial charge in [-0.3, -0.25) is 4.79 Å². The molecule has 0 bridgehead atoms. The lowest BCUT2D eigenvalue weighted by Gasteiger charge is -2.09. The summed E-state index contributed by atoms with van der Waals surface area (Å²) in [6, 6.07) is 3.69. The van der Waals surface area contributed by atoms with E-state index < -0.39 is 0 Å². The molecular formula is C12H15Cl2N3OS2. The van der Waals surface area contributed by atoms with Gasteiger partial charge in [-0.2, -0.15) is 0 Å². The molecule has 3 N–H and O–H groups in total. The smallest absolute Gasteiger partial charge is 0.263 e. The number of nitrogens with one attached hydrogen (secondary N) is 1. The Hall–Kier alpha value is -0.660. The summed E-state index contributed by atoms with van der Waals surface area (Å²) in [6.45, 7) is 4.11. The first kappa shape index (κ1) is 17.4. The molecule has 0 aromatic carbocycles. The molecule has 110 valence electrons. The number of halogens is 2. The lowest BCUT2D eigenvalue weighted by molar-refractivity contribution is 0.0944. The summed E-state index contributed by atoms with van der Waals surface area (Å²) in [4.78, 5) is 18.1. The number of rotatable bonds is 4. The zero-order valence-electron chi connectivity index (χ0n) is 11.0. The third kappa shape index (κ3) is 3.93. The molecule has 0 saturated carbocycles. The topological polar surface area (TPSA) is 68.0 Å². The van der Waals surface area contributed by atoms with Gasteiger partial charge in [0.2, 0.25) is 0 Å². The van der Waals surface area contributed by atoms with E-state index in [9.17, 15) is 4.79 Å². The summed E-state index contributed by atoms with van der Waals surface area (Å²) in [5.74, 6) is -0.123. The highest BCUT2D eigenvalue weighted by Gasteiger charge is 2.18. The van der Waals surface area contributed by atoms with E-state index in [0.29, 0.717) is 15.8 Å². The number of aromatic nitrogens is 1. The highest BCUT2D eigenvalue weighted by atomic mass is 35.5. The van der Waals surface area contributed by atoms with Crippen LogP contribution in [0.15, 0.2) is 12.1 Å². The molecule has 2 heterocycles. The Morgan fingerprint density at radius 1 is 1.50 bits per heavy atom. The molecule has 0 fully saturated rings. The van der Waals surface area contributed by atoms with Crippen LogP contribution in [0.1, 0.15) is 22.3 Å². The predicted molar refractivity (Wildman–Crippen MR) is 88.4 cm³/mol. The third-order valence-corrected chi connectivity index (χ3v) is 5.07. The normalized spacial score (nSPS) is 11.8. The van der Waals surface area contributed by atoms with Crippen LogP contribution in [0.5, 0.6) is 0 Å². The number of amides is 1. The Morgan fingerprint density at radius 2 is 2.20 bits per heavy atom. The summed E-state index contributed by atoms with van der Waals surface area (Å²) in [6.07, 6.45) is 0. The van der Waals surface area contributed by atoms with Gasteiger partial charge in [0.15, 0.2) is 0 Å². The first-order valence-electron chi connectivity index (χ1n) is 5.75. The molecule has 0 spiro atoms. The monoisotopic (exact) mass is 351 g/mol. The minimum absolute atomic E-state index is 0. The van der Waals surface area contributed by atoms with Gasteiger partial charge in [0.1, 0.15) is 9.88 Å². The van der Waals surface area contributed by atoms with Crippen molar-refractivity contribution in [3.8, 4) is 9.88 Å². The number of nitrogens with two attached hydrogens (primary N) is 1.